The number of aliphatic hydroxyl groups excluding tert-OH is 1. The summed E-state index contributed by atoms with van der Waals surface area (Å²) in [6.07, 6.45) is 4.52. The molecule has 1 amide bonds. The molecule has 2 aliphatic rings. The van der Waals surface area contributed by atoms with Gasteiger partial charge in [-0.15, -0.1) is 0 Å². The molecule has 24 heavy (non-hydrogen) atoms. The lowest BCUT2D eigenvalue weighted by Crippen LogP contribution is -2.41. The van der Waals surface area contributed by atoms with Gasteiger partial charge in [0.1, 0.15) is 0 Å². The Bertz CT molecular complexity index is 634. The Balaban J connectivity index is 1.66. The van der Waals surface area contributed by atoms with Crippen molar-refractivity contribution in [3.05, 3.63) is 33.9 Å². The Hall–Kier alpha value is -1.99. The smallest absolute Gasteiger partial charge is 0.269 e. The van der Waals surface area contributed by atoms with Crippen molar-refractivity contribution in [3.8, 4) is 0 Å². The van der Waals surface area contributed by atoms with Gasteiger partial charge in [0.25, 0.3) is 5.69 Å². The fourth-order valence-corrected chi connectivity index (χ4v) is 3.78. The lowest BCUT2D eigenvalue weighted by molar-refractivity contribution is -0.384. The van der Waals surface area contributed by atoms with Crippen LogP contribution in [0.2, 0.25) is 0 Å². The predicted octanol–water partition coefficient (Wildman–Crippen LogP) is 1.72. The molecule has 2 aliphatic heterocycles. The van der Waals surface area contributed by atoms with Gasteiger partial charge in [-0.25, -0.2) is 0 Å². The monoisotopic (exact) mass is 333 g/mol. The van der Waals surface area contributed by atoms with Crippen molar-refractivity contribution in [2.45, 2.75) is 38.1 Å². The number of non-ortho nitro benzene ring substituents is 1. The molecule has 1 atom stereocenters. The first-order valence-corrected chi connectivity index (χ1v) is 8.52. The van der Waals surface area contributed by atoms with Gasteiger partial charge in [0.15, 0.2) is 0 Å². The van der Waals surface area contributed by atoms with Crippen LogP contribution in [-0.4, -0.2) is 53.1 Å². The van der Waals surface area contributed by atoms with E-state index in [9.17, 15) is 14.9 Å². The molecule has 130 valence electrons. The zero-order valence-corrected chi connectivity index (χ0v) is 13.7. The van der Waals surface area contributed by atoms with Crippen LogP contribution in [-0.2, 0) is 11.2 Å². The highest BCUT2D eigenvalue weighted by Crippen LogP contribution is 2.31. The third-order valence-corrected chi connectivity index (χ3v) is 5.00. The number of amides is 1. The number of carbonyl (C=O) groups is 1. The second kappa shape index (κ2) is 7.27. The summed E-state index contributed by atoms with van der Waals surface area (Å²) in [4.78, 5) is 27.1. The van der Waals surface area contributed by atoms with Gasteiger partial charge in [0.2, 0.25) is 5.91 Å². The van der Waals surface area contributed by atoms with Crippen LogP contribution < -0.4 is 4.90 Å². The average Bonchev–Trinajstić information content (AvgIpc) is 3.18. The summed E-state index contributed by atoms with van der Waals surface area (Å²) in [5, 5.41) is 19.9. The molecule has 7 nitrogen and oxygen atoms in total. The van der Waals surface area contributed by atoms with Gasteiger partial charge in [0, 0.05) is 37.0 Å². The van der Waals surface area contributed by atoms with Crippen LogP contribution in [0.4, 0.5) is 11.4 Å². The Morgan fingerprint density at radius 2 is 2.21 bits per heavy atom. The first kappa shape index (κ1) is 16.9. The van der Waals surface area contributed by atoms with Gasteiger partial charge in [-0.2, -0.15) is 0 Å². The summed E-state index contributed by atoms with van der Waals surface area (Å²) in [5.74, 6) is 0.0542. The number of likely N-dealkylation sites (tertiary alicyclic amines) is 1. The number of fused-ring (bicyclic) bond motifs is 1. The number of rotatable bonds is 6. The Kier molecular flexibility index (Phi) is 5.11. The topological polar surface area (TPSA) is 86.9 Å². The summed E-state index contributed by atoms with van der Waals surface area (Å²) in [6.45, 7) is 2.08. The first-order chi connectivity index (χ1) is 11.6. The van der Waals surface area contributed by atoms with Gasteiger partial charge in [-0.1, -0.05) is 0 Å². The zero-order valence-electron chi connectivity index (χ0n) is 13.7. The van der Waals surface area contributed by atoms with Gasteiger partial charge in [-0.3, -0.25) is 19.8 Å². The average molecular weight is 333 g/mol. The van der Waals surface area contributed by atoms with E-state index in [-0.39, 0.29) is 18.2 Å². The molecule has 1 aromatic rings. The van der Waals surface area contributed by atoms with E-state index < -0.39 is 4.92 Å². The zero-order chi connectivity index (χ0) is 17.1. The Morgan fingerprint density at radius 3 is 2.96 bits per heavy atom. The van der Waals surface area contributed by atoms with Gasteiger partial charge in [-0.05, 0) is 50.3 Å². The largest absolute Gasteiger partial charge is 0.396 e. The van der Waals surface area contributed by atoms with Crippen LogP contribution in [0.3, 0.4) is 0 Å². The second-order valence-corrected chi connectivity index (χ2v) is 6.50. The van der Waals surface area contributed by atoms with Crippen LogP contribution in [0.25, 0.3) is 0 Å². The van der Waals surface area contributed by atoms with Crippen molar-refractivity contribution in [3.63, 3.8) is 0 Å². The van der Waals surface area contributed by atoms with Gasteiger partial charge < -0.3 is 10.0 Å². The van der Waals surface area contributed by atoms with E-state index in [1.54, 1.807) is 17.0 Å². The SMILES string of the molecule is O=C(CN1CCCC1CCCO)N1CCc2cc([N+](=O)[O-])ccc21. The third kappa shape index (κ3) is 3.42. The van der Waals surface area contributed by atoms with Crippen molar-refractivity contribution in [1.82, 2.24) is 4.90 Å². The molecule has 3 rings (SSSR count). The van der Waals surface area contributed by atoms with Crippen molar-refractivity contribution < 1.29 is 14.8 Å². The molecule has 0 aliphatic carbocycles. The lowest BCUT2D eigenvalue weighted by Gasteiger charge is -2.26. The van der Waals surface area contributed by atoms with E-state index in [1.165, 1.54) is 6.07 Å². The minimum absolute atomic E-state index is 0.0542. The van der Waals surface area contributed by atoms with Gasteiger partial charge >= 0.3 is 0 Å². The number of nitrogens with zero attached hydrogens (tertiary/aromatic N) is 3. The summed E-state index contributed by atoms with van der Waals surface area (Å²) < 4.78 is 0. The predicted molar refractivity (Wildman–Crippen MR) is 90.1 cm³/mol. The Labute approximate surface area is 141 Å². The number of benzene rings is 1. The van der Waals surface area contributed by atoms with Crippen molar-refractivity contribution in [2.75, 3.05) is 31.1 Å². The van der Waals surface area contributed by atoms with Crippen molar-refractivity contribution >= 4 is 17.3 Å². The highest BCUT2D eigenvalue weighted by atomic mass is 16.6. The molecule has 0 aromatic heterocycles. The molecule has 0 spiro atoms. The molecule has 0 saturated carbocycles. The molecule has 2 heterocycles. The fraction of sp³-hybridized carbons (Fsp3) is 0.588. The number of carbonyl (C=O) groups excluding carboxylic acids is 1. The molecule has 0 radical (unpaired) electrons. The normalized spacial score (nSPS) is 20.4. The second-order valence-electron chi connectivity index (χ2n) is 6.50. The maximum Gasteiger partial charge on any atom is 0.269 e. The van der Waals surface area contributed by atoms with E-state index in [0.717, 1.165) is 43.5 Å². The van der Waals surface area contributed by atoms with E-state index in [0.29, 0.717) is 25.6 Å². The van der Waals surface area contributed by atoms with E-state index in [4.69, 9.17) is 5.11 Å². The van der Waals surface area contributed by atoms with Crippen LogP contribution >= 0.6 is 0 Å². The van der Waals surface area contributed by atoms with E-state index in [2.05, 4.69) is 4.90 Å². The summed E-state index contributed by atoms with van der Waals surface area (Å²) >= 11 is 0. The summed E-state index contributed by atoms with van der Waals surface area (Å²) in [7, 11) is 0. The summed E-state index contributed by atoms with van der Waals surface area (Å²) in [6, 6.07) is 5.10. The molecule has 0 bridgehead atoms. The maximum atomic E-state index is 12.7. The van der Waals surface area contributed by atoms with Crippen LogP contribution in [0.5, 0.6) is 0 Å². The number of hydrogen-bond acceptors (Lipinski definition) is 5. The van der Waals surface area contributed by atoms with Crippen LogP contribution in [0.15, 0.2) is 18.2 Å². The lowest BCUT2D eigenvalue weighted by atomic mass is 10.1. The molecule has 7 heteroatoms. The first-order valence-electron chi connectivity index (χ1n) is 8.52. The number of nitro groups is 1. The maximum absolute atomic E-state index is 12.7. The van der Waals surface area contributed by atoms with Crippen LogP contribution in [0, 0.1) is 10.1 Å². The number of anilines is 1. The summed E-state index contributed by atoms with van der Waals surface area (Å²) in [5.41, 5.74) is 1.75. The Morgan fingerprint density at radius 1 is 1.38 bits per heavy atom. The number of aliphatic hydroxyl groups is 1. The van der Waals surface area contributed by atoms with E-state index in [1.807, 2.05) is 0 Å². The quantitative estimate of drug-likeness (QED) is 0.633. The number of hydrogen-bond donors (Lipinski definition) is 1. The molecule has 1 fully saturated rings. The highest BCUT2D eigenvalue weighted by molar-refractivity contribution is 5.97. The standard InChI is InChI=1S/C17H23N3O4/c21-10-2-4-14-3-1-8-18(14)12-17(22)19-9-7-13-11-15(20(23)24)5-6-16(13)19/h5-6,11,14,21H,1-4,7-10,12H2. The third-order valence-electron chi connectivity index (χ3n) is 5.00. The van der Waals surface area contributed by atoms with Crippen LogP contribution in [0.1, 0.15) is 31.2 Å². The van der Waals surface area contributed by atoms with Crippen molar-refractivity contribution in [2.24, 2.45) is 0 Å². The molecule has 1 unspecified atom stereocenters. The minimum atomic E-state index is -0.402. The fourth-order valence-electron chi connectivity index (χ4n) is 3.78. The van der Waals surface area contributed by atoms with E-state index >= 15 is 0 Å². The number of nitro benzene ring substituents is 1. The molecule has 1 N–H and O–H groups in total. The molecular formula is C17H23N3O4. The van der Waals surface area contributed by atoms with Crippen molar-refractivity contribution in [1.29, 1.82) is 0 Å². The molecule has 1 aromatic carbocycles. The minimum Gasteiger partial charge on any atom is -0.396 e. The molecular weight excluding hydrogens is 310 g/mol. The van der Waals surface area contributed by atoms with Gasteiger partial charge in [0.05, 0.1) is 11.5 Å². The molecule has 1 saturated heterocycles. The highest BCUT2D eigenvalue weighted by Gasteiger charge is 2.31.